The summed E-state index contributed by atoms with van der Waals surface area (Å²) >= 11 is 0. The first-order chi connectivity index (χ1) is 11.2. The second-order valence-electron chi connectivity index (χ2n) is 5.62. The Kier molecular flexibility index (Phi) is 4.50. The Hall–Kier alpha value is -2.50. The molecule has 1 fully saturated rings. The molecule has 2 aromatic rings. The molecule has 1 saturated heterocycles. The lowest BCUT2D eigenvalue weighted by atomic mass is 10.2. The number of aromatic nitrogens is 2. The van der Waals surface area contributed by atoms with Gasteiger partial charge in [0.2, 0.25) is 5.95 Å². The van der Waals surface area contributed by atoms with Crippen molar-refractivity contribution in [3.8, 4) is 11.5 Å². The topological polar surface area (TPSA) is 50.7 Å². The maximum atomic E-state index is 5.36. The summed E-state index contributed by atoms with van der Waals surface area (Å²) < 4.78 is 10.7. The van der Waals surface area contributed by atoms with Crippen LogP contribution in [0.15, 0.2) is 36.7 Å². The summed E-state index contributed by atoms with van der Waals surface area (Å²) in [5.74, 6) is 2.38. The molecule has 0 bridgehead atoms. The van der Waals surface area contributed by atoms with Gasteiger partial charge in [-0.25, -0.2) is 9.97 Å². The standard InChI is InChI=1S/C17H22N4O2/c1-20(17-18-6-4-7-19-17)13-5-8-21(12-13)14-9-15(22-2)11-16(10-14)23-3/h4,6-7,9-11,13H,5,8,12H2,1-3H3/t13-/m1/s1. The summed E-state index contributed by atoms with van der Waals surface area (Å²) in [4.78, 5) is 13.2. The third kappa shape index (κ3) is 3.31. The van der Waals surface area contributed by atoms with Crippen LogP contribution in [0.25, 0.3) is 0 Å². The number of likely N-dealkylation sites (N-methyl/N-ethyl adjacent to an activating group) is 1. The van der Waals surface area contributed by atoms with Crippen molar-refractivity contribution in [1.82, 2.24) is 9.97 Å². The lowest BCUT2D eigenvalue weighted by Crippen LogP contribution is -2.35. The zero-order valence-electron chi connectivity index (χ0n) is 13.8. The van der Waals surface area contributed by atoms with Gasteiger partial charge in [0.05, 0.1) is 20.3 Å². The van der Waals surface area contributed by atoms with Crippen molar-refractivity contribution in [2.75, 3.05) is 44.2 Å². The fraction of sp³-hybridized carbons (Fsp3) is 0.412. The highest BCUT2D eigenvalue weighted by molar-refractivity contribution is 5.57. The van der Waals surface area contributed by atoms with E-state index in [1.54, 1.807) is 26.6 Å². The van der Waals surface area contributed by atoms with Gasteiger partial charge < -0.3 is 19.3 Å². The molecule has 2 heterocycles. The average Bonchev–Trinajstić information content (AvgIpc) is 3.11. The minimum Gasteiger partial charge on any atom is -0.497 e. The van der Waals surface area contributed by atoms with Crippen molar-refractivity contribution in [3.63, 3.8) is 0 Å². The molecule has 1 atom stereocenters. The van der Waals surface area contributed by atoms with Crippen LogP contribution < -0.4 is 19.3 Å². The van der Waals surface area contributed by atoms with E-state index in [-0.39, 0.29) is 0 Å². The summed E-state index contributed by atoms with van der Waals surface area (Å²) in [5.41, 5.74) is 1.12. The molecule has 0 aliphatic carbocycles. The molecule has 0 radical (unpaired) electrons. The van der Waals surface area contributed by atoms with Crippen LogP contribution >= 0.6 is 0 Å². The molecular formula is C17H22N4O2. The van der Waals surface area contributed by atoms with E-state index < -0.39 is 0 Å². The fourth-order valence-corrected chi connectivity index (χ4v) is 2.90. The molecule has 6 heteroatoms. The predicted molar refractivity (Wildman–Crippen MR) is 90.6 cm³/mol. The van der Waals surface area contributed by atoms with E-state index in [0.29, 0.717) is 6.04 Å². The number of nitrogens with zero attached hydrogens (tertiary/aromatic N) is 4. The molecule has 0 N–H and O–H groups in total. The van der Waals surface area contributed by atoms with Crippen LogP contribution in [0.1, 0.15) is 6.42 Å². The molecule has 1 aliphatic heterocycles. The molecule has 1 aromatic carbocycles. The van der Waals surface area contributed by atoms with Gasteiger partial charge in [0.15, 0.2) is 0 Å². The molecule has 0 spiro atoms. The van der Waals surface area contributed by atoms with Crippen molar-refractivity contribution in [3.05, 3.63) is 36.7 Å². The monoisotopic (exact) mass is 314 g/mol. The van der Waals surface area contributed by atoms with Crippen molar-refractivity contribution in [2.45, 2.75) is 12.5 Å². The number of ether oxygens (including phenoxy) is 2. The summed E-state index contributed by atoms with van der Waals surface area (Å²) in [6.07, 6.45) is 4.62. The molecule has 1 aromatic heterocycles. The van der Waals surface area contributed by atoms with Crippen LogP contribution in [0.2, 0.25) is 0 Å². The first-order valence-corrected chi connectivity index (χ1v) is 7.69. The second kappa shape index (κ2) is 6.73. The first kappa shape index (κ1) is 15.4. The molecule has 23 heavy (non-hydrogen) atoms. The van der Waals surface area contributed by atoms with E-state index in [1.165, 1.54) is 0 Å². The minimum atomic E-state index is 0.384. The van der Waals surface area contributed by atoms with E-state index in [0.717, 1.165) is 42.6 Å². The number of hydrogen-bond donors (Lipinski definition) is 0. The molecule has 0 unspecified atom stereocenters. The maximum Gasteiger partial charge on any atom is 0.225 e. The van der Waals surface area contributed by atoms with Crippen molar-refractivity contribution in [1.29, 1.82) is 0 Å². The van der Waals surface area contributed by atoms with Gasteiger partial charge in [-0.3, -0.25) is 0 Å². The van der Waals surface area contributed by atoms with Gasteiger partial charge in [-0.05, 0) is 12.5 Å². The summed E-state index contributed by atoms with van der Waals surface area (Å²) in [7, 11) is 5.40. The average molecular weight is 314 g/mol. The van der Waals surface area contributed by atoms with E-state index in [2.05, 4.69) is 26.8 Å². The van der Waals surface area contributed by atoms with Crippen LogP contribution in [0.5, 0.6) is 11.5 Å². The van der Waals surface area contributed by atoms with Crippen molar-refractivity contribution in [2.24, 2.45) is 0 Å². The molecule has 3 rings (SSSR count). The van der Waals surface area contributed by atoms with Crippen LogP contribution in [0, 0.1) is 0 Å². The lowest BCUT2D eigenvalue weighted by Gasteiger charge is -2.25. The second-order valence-corrected chi connectivity index (χ2v) is 5.62. The zero-order valence-corrected chi connectivity index (χ0v) is 13.8. The van der Waals surface area contributed by atoms with E-state index in [4.69, 9.17) is 9.47 Å². The van der Waals surface area contributed by atoms with E-state index >= 15 is 0 Å². The van der Waals surface area contributed by atoms with Gasteiger partial charge >= 0.3 is 0 Å². The van der Waals surface area contributed by atoms with Crippen LogP contribution in [0.3, 0.4) is 0 Å². The van der Waals surface area contributed by atoms with E-state index in [1.807, 2.05) is 24.3 Å². The van der Waals surface area contributed by atoms with Crippen LogP contribution in [-0.2, 0) is 0 Å². The summed E-state index contributed by atoms with van der Waals surface area (Å²) in [6, 6.07) is 8.20. The zero-order chi connectivity index (χ0) is 16.2. The molecule has 1 aliphatic rings. The SMILES string of the molecule is COc1cc(OC)cc(N2CC[C@@H](N(C)c3ncccn3)C2)c1. The third-order valence-electron chi connectivity index (χ3n) is 4.28. The van der Waals surface area contributed by atoms with Crippen LogP contribution in [0.4, 0.5) is 11.6 Å². The van der Waals surface area contributed by atoms with Gasteiger partial charge in [-0.2, -0.15) is 0 Å². The number of benzene rings is 1. The summed E-state index contributed by atoms with van der Waals surface area (Å²) in [6.45, 7) is 1.91. The smallest absolute Gasteiger partial charge is 0.225 e. The normalized spacial score (nSPS) is 17.2. The molecule has 6 nitrogen and oxygen atoms in total. The molecule has 0 amide bonds. The number of anilines is 2. The highest BCUT2D eigenvalue weighted by Crippen LogP contribution is 2.31. The Labute approximate surface area is 136 Å². The maximum absolute atomic E-state index is 5.36. The van der Waals surface area contributed by atoms with Crippen LogP contribution in [-0.4, -0.2) is 50.4 Å². The minimum absolute atomic E-state index is 0.384. The number of rotatable bonds is 5. The predicted octanol–water partition coefficient (Wildman–Crippen LogP) is 2.21. The fourth-order valence-electron chi connectivity index (χ4n) is 2.90. The van der Waals surface area contributed by atoms with Crippen molar-refractivity contribution >= 4 is 11.6 Å². The Morgan fingerprint density at radius 2 is 1.74 bits per heavy atom. The number of hydrogen-bond acceptors (Lipinski definition) is 6. The highest BCUT2D eigenvalue weighted by Gasteiger charge is 2.27. The largest absolute Gasteiger partial charge is 0.497 e. The Morgan fingerprint density at radius 1 is 1.09 bits per heavy atom. The van der Waals surface area contributed by atoms with Gasteiger partial charge in [0.25, 0.3) is 0 Å². The highest BCUT2D eigenvalue weighted by atomic mass is 16.5. The van der Waals surface area contributed by atoms with Gasteiger partial charge in [0.1, 0.15) is 11.5 Å². The van der Waals surface area contributed by atoms with Gasteiger partial charge in [-0.1, -0.05) is 0 Å². The Morgan fingerprint density at radius 3 is 2.35 bits per heavy atom. The third-order valence-corrected chi connectivity index (χ3v) is 4.28. The molecular weight excluding hydrogens is 292 g/mol. The van der Waals surface area contributed by atoms with Gasteiger partial charge in [0, 0.05) is 56.4 Å². The van der Waals surface area contributed by atoms with E-state index in [9.17, 15) is 0 Å². The molecule has 0 saturated carbocycles. The quantitative estimate of drug-likeness (QED) is 0.843. The lowest BCUT2D eigenvalue weighted by molar-refractivity contribution is 0.394. The number of methoxy groups -OCH3 is 2. The Balaban J connectivity index is 1.75. The summed E-state index contributed by atoms with van der Waals surface area (Å²) in [5, 5.41) is 0. The first-order valence-electron chi connectivity index (χ1n) is 7.69. The van der Waals surface area contributed by atoms with Crippen molar-refractivity contribution < 1.29 is 9.47 Å². The molecule has 122 valence electrons. The Bertz CT molecular complexity index is 628. The van der Waals surface area contributed by atoms with Gasteiger partial charge in [-0.15, -0.1) is 0 Å².